The number of piperazine rings is 1. The van der Waals surface area contributed by atoms with Crippen LogP contribution in [-0.4, -0.2) is 62.5 Å². The van der Waals surface area contributed by atoms with E-state index >= 15 is 0 Å². The topological polar surface area (TPSA) is 50.1 Å². The van der Waals surface area contributed by atoms with Crippen molar-refractivity contribution in [1.82, 2.24) is 29.3 Å². The molecule has 1 aliphatic rings. The van der Waals surface area contributed by atoms with Crippen molar-refractivity contribution in [3.05, 3.63) is 96.2 Å². The van der Waals surface area contributed by atoms with Gasteiger partial charge < -0.3 is 4.90 Å². The molecule has 0 bridgehead atoms. The molecule has 0 spiro atoms. The highest BCUT2D eigenvalue weighted by Gasteiger charge is 2.14. The van der Waals surface area contributed by atoms with Gasteiger partial charge in [-0.05, 0) is 55.1 Å². The van der Waals surface area contributed by atoms with E-state index in [1.807, 2.05) is 36.8 Å². The minimum absolute atomic E-state index is 0.872. The summed E-state index contributed by atoms with van der Waals surface area (Å²) in [5, 5.41) is 1.04. The van der Waals surface area contributed by atoms with Crippen LogP contribution in [0.3, 0.4) is 0 Å². The summed E-state index contributed by atoms with van der Waals surface area (Å²) in [5.41, 5.74) is 7.11. The molecule has 0 unspecified atom stereocenters. The van der Waals surface area contributed by atoms with E-state index in [2.05, 4.69) is 78.5 Å². The minimum atomic E-state index is 0.872. The molecule has 0 amide bonds. The molecule has 0 atom stereocenters. The van der Waals surface area contributed by atoms with Crippen molar-refractivity contribution in [2.75, 3.05) is 33.2 Å². The third-order valence-electron chi connectivity index (χ3n) is 6.60. The molecule has 1 aliphatic heterocycles. The summed E-state index contributed by atoms with van der Waals surface area (Å²) < 4.78 is 2.15. The zero-order chi connectivity index (χ0) is 23.6. The molecule has 172 valence electrons. The molecular formula is C29H26N6. The quantitative estimate of drug-likeness (QED) is 0.381. The molecule has 0 N–H and O–H groups in total. The molecule has 3 aromatic heterocycles. The van der Waals surface area contributed by atoms with E-state index in [0.29, 0.717) is 0 Å². The average molecular weight is 459 g/mol. The van der Waals surface area contributed by atoms with Crippen LogP contribution in [0.4, 0.5) is 0 Å². The molecule has 0 radical (unpaired) electrons. The Morgan fingerprint density at radius 1 is 0.829 bits per heavy atom. The van der Waals surface area contributed by atoms with Crippen LogP contribution in [0.15, 0.2) is 79.5 Å². The largest absolute Gasteiger partial charge is 0.304 e. The van der Waals surface area contributed by atoms with Gasteiger partial charge in [0.05, 0.1) is 17.2 Å². The first kappa shape index (κ1) is 21.5. The van der Waals surface area contributed by atoms with Gasteiger partial charge in [-0.3, -0.25) is 19.4 Å². The number of rotatable bonds is 3. The molecule has 1 fully saturated rings. The third kappa shape index (κ3) is 4.52. The summed E-state index contributed by atoms with van der Waals surface area (Å²) in [7, 11) is 2.19. The molecule has 0 saturated carbocycles. The molecule has 35 heavy (non-hydrogen) atoms. The van der Waals surface area contributed by atoms with Gasteiger partial charge >= 0.3 is 0 Å². The van der Waals surface area contributed by atoms with Gasteiger partial charge in [-0.2, -0.15) is 0 Å². The van der Waals surface area contributed by atoms with E-state index in [-0.39, 0.29) is 0 Å². The van der Waals surface area contributed by atoms with E-state index in [4.69, 9.17) is 0 Å². The molecule has 5 aromatic rings. The number of imidazole rings is 1. The number of nitrogens with zero attached hydrogens (tertiary/aromatic N) is 6. The Balaban J connectivity index is 1.33. The maximum Gasteiger partial charge on any atom is 0.108 e. The normalized spacial score (nSPS) is 14.8. The summed E-state index contributed by atoms with van der Waals surface area (Å²) in [6.45, 7) is 5.50. The van der Waals surface area contributed by atoms with E-state index < -0.39 is 0 Å². The Hall–Kier alpha value is -4.05. The van der Waals surface area contributed by atoms with E-state index in [1.165, 1.54) is 5.56 Å². The van der Waals surface area contributed by atoms with Crippen molar-refractivity contribution >= 4 is 21.9 Å². The van der Waals surface area contributed by atoms with Crippen LogP contribution in [0, 0.1) is 11.8 Å². The van der Waals surface area contributed by atoms with E-state index in [0.717, 1.165) is 71.5 Å². The molecule has 0 aliphatic carbocycles. The van der Waals surface area contributed by atoms with Crippen LogP contribution >= 0.6 is 0 Å². The van der Waals surface area contributed by atoms with E-state index in [1.54, 1.807) is 12.4 Å². The first-order chi connectivity index (χ1) is 17.2. The Morgan fingerprint density at radius 2 is 1.66 bits per heavy atom. The Bertz CT molecular complexity index is 1540. The molecule has 1 saturated heterocycles. The first-order valence-corrected chi connectivity index (χ1v) is 11.9. The van der Waals surface area contributed by atoms with Crippen molar-refractivity contribution in [2.24, 2.45) is 0 Å². The Morgan fingerprint density at radius 3 is 2.46 bits per heavy atom. The minimum Gasteiger partial charge on any atom is -0.304 e. The van der Waals surface area contributed by atoms with Crippen LogP contribution in [0.1, 0.15) is 16.7 Å². The number of aromatic nitrogens is 4. The predicted octanol–water partition coefficient (Wildman–Crippen LogP) is 4.12. The molecule has 6 rings (SSSR count). The lowest BCUT2D eigenvalue weighted by Crippen LogP contribution is -2.43. The second kappa shape index (κ2) is 9.30. The summed E-state index contributed by atoms with van der Waals surface area (Å²) >= 11 is 0. The van der Waals surface area contributed by atoms with Gasteiger partial charge in [0.1, 0.15) is 11.8 Å². The predicted molar refractivity (Wildman–Crippen MR) is 139 cm³/mol. The number of fused-ring (bicyclic) bond motifs is 3. The standard InChI is InChI=1S/C29H26N6/c1-33-13-15-34(16-14-33)20-24-6-9-25(10-7-24)35-21-32-28-19-31-27-11-8-22(17-26(27)29(28)35)4-5-23-3-2-12-30-18-23/h2-3,6-12,17-19,21H,13-16,20H2,1H3. The third-order valence-corrected chi connectivity index (χ3v) is 6.60. The summed E-state index contributed by atoms with van der Waals surface area (Å²) in [6, 6.07) is 18.8. The highest BCUT2D eigenvalue weighted by atomic mass is 15.2. The van der Waals surface area contributed by atoms with Crippen LogP contribution in [0.5, 0.6) is 0 Å². The van der Waals surface area contributed by atoms with Gasteiger partial charge in [0.25, 0.3) is 0 Å². The zero-order valence-electron chi connectivity index (χ0n) is 19.7. The number of benzene rings is 2. The first-order valence-electron chi connectivity index (χ1n) is 11.9. The van der Waals surface area contributed by atoms with Crippen molar-refractivity contribution < 1.29 is 0 Å². The van der Waals surface area contributed by atoms with Crippen molar-refractivity contribution in [1.29, 1.82) is 0 Å². The monoisotopic (exact) mass is 458 g/mol. The second-order valence-electron chi connectivity index (χ2n) is 9.08. The van der Waals surface area contributed by atoms with Gasteiger partial charge in [-0.1, -0.05) is 24.0 Å². The van der Waals surface area contributed by atoms with Gasteiger partial charge in [0, 0.05) is 67.3 Å². The molecule has 6 nitrogen and oxygen atoms in total. The van der Waals surface area contributed by atoms with Crippen molar-refractivity contribution in [2.45, 2.75) is 6.54 Å². The fraction of sp³-hybridized carbons (Fsp3) is 0.207. The highest BCUT2D eigenvalue weighted by molar-refractivity contribution is 6.03. The average Bonchev–Trinajstić information content (AvgIpc) is 3.35. The number of likely N-dealkylation sites (N-methyl/N-ethyl adjacent to an activating group) is 1. The maximum absolute atomic E-state index is 4.63. The van der Waals surface area contributed by atoms with Crippen LogP contribution in [-0.2, 0) is 6.54 Å². The fourth-order valence-corrected chi connectivity index (χ4v) is 4.57. The van der Waals surface area contributed by atoms with E-state index in [9.17, 15) is 0 Å². The van der Waals surface area contributed by atoms with Gasteiger partial charge in [0.15, 0.2) is 0 Å². The maximum atomic E-state index is 4.63. The van der Waals surface area contributed by atoms with Crippen LogP contribution in [0.25, 0.3) is 27.6 Å². The lowest BCUT2D eigenvalue weighted by molar-refractivity contribution is 0.148. The smallest absolute Gasteiger partial charge is 0.108 e. The lowest BCUT2D eigenvalue weighted by Gasteiger charge is -2.32. The molecule has 2 aromatic carbocycles. The van der Waals surface area contributed by atoms with Gasteiger partial charge in [-0.15, -0.1) is 0 Å². The Kier molecular flexibility index (Phi) is 5.71. The lowest BCUT2D eigenvalue weighted by atomic mass is 10.1. The van der Waals surface area contributed by atoms with Gasteiger partial charge in [-0.25, -0.2) is 4.98 Å². The van der Waals surface area contributed by atoms with Gasteiger partial charge in [0.2, 0.25) is 0 Å². The summed E-state index contributed by atoms with van der Waals surface area (Å²) in [4.78, 5) is 18.3. The Labute approximate surface area is 204 Å². The SMILES string of the molecule is CN1CCN(Cc2ccc(-n3cnc4cnc5ccc(C#Cc6cccnc6)cc5c43)cc2)CC1. The second-order valence-corrected chi connectivity index (χ2v) is 9.08. The number of pyridine rings is 2. The zero-order valence-corrected chi connectivity index (χ0v) is 19.7. The van der Waals surface area contributed by atoms with Crippen molar-refractivity contribution in [3.63, 3.8) is 0 Å². The fourth-order valence-electron chi connectivity index (χ4n) is 4.57. The molecule has 6 heteroatoms. The molecule has 4 heterocycles. The summed E-state index contributed by atoms with van der Waals surface area (Å²) in [6.07, 6.45) is 7.26. The van der Waals surface area contributed by atoms with Crippen LogP contribution < -0.4 is 0 Å². The van der Waals surface area contributed by atoms with Crippen LogP contribution in [0.2, 0.25) is 0 Å². The highest BCUT2D eigenvalue weighted by Crippen LogP contribution is 2.27. The molecular weight excluding hydrogens is 432 g/mol. The number of hydrogen-bond acceptors (Lipinski definition) is 5. The summed E-state index contributed by atoms with van der Waals surface area (Å²) in [5.74, 6) is 6.46. The van der Waals surface area contributed by atoms with Crippen molar-refractivity contribution in [3.8, 4) is 17.5 Å². The number of hydrogen-bond donors (Lipinski definition) is 0.